The lowest BCUT2D eigenvalue weighted by Crippen LogP contribution is -2.26. The topological polar surface area (TPSA) is 55.8 Å². The molecule has 0 atom stereocenters. The Morgan fingerprint density at radius 3 is 2.50 bits per heavy atom. The highest BCUT2D eigenvalue weighted by Gasteiger charge is 2.16. The molecule has 0 aromatic heterocycles. The van der Waals surface area contributed by atoms with Gasteiger partial charge in [0.25, 0.3) is 0 Å². The van der Waals surface area contributed by atoms with E-state index in [-0.39, 0.29) is 31.3 Å². The molecule has 0 unspecified atom stereocenters. The number of hydrogen-bond donors (Lipinski definition) is 0. The van der Waals surface area contributed by atoms with Crippen LogP contribution in [0, 0.1) is 0 Å². The third kappa shape index (κ3) is 4.38. The predicted molar refractivity (Wildman–Crippen MR) is 101 cm³/mol. The van der Waals surface area contributed by atoms with E-state index in [0.29, 0.717) is 17.9 Å². The van der Waals surface area contributed by atoms with Gasteiger partial charge in [0, 0.05) is 36.9 Å². The van der Waals surface area contributed by atoms with E-state index < -0.39 is 0 Å². The summed E-state index contributed by atoms with van der Waals surface area (Å²) in [5.41, 5.74) is 1.61. The fourth-order valence-electron chi connectivity index (χ4n) is 2.73. The molecular weight excluding hydrogens is 350 g/mol. The zero-order chi connectivity index (χ0) is 18.5. The maximum Gasteiger partial charge on any atom is 0.231 e. The van der Waals surface area contributed by atoms with Crippen LogP contribution < -0.4 is 9.47 Å². The molecule has 2 aromatic carbocycles. The minimum atomic E-state index is -0.0586. The van der Waals surface area contributed by atoms with Gasteiger partial charge in [-0.3, -0.25) is 9.59 Å². The number of carbonyl (C=O) groups is 2. The number of ether oxygens (including phenoxy) is 2. The van der Waals surface area contributed by atoms with Crippen molar-refractivity contribution < 1.29 is 19.1 Å². The highest BCUT2D eigenvalue weighted by atomic mass is 32.2. The molecule has 1 aliphatic heterocycles. The van der Waals surface area contributed by atoms with Gasteiger partial charge in [-0.25, -0.2) is 0 Å². The summed E-state index contributed by atoms with van der Waals surface area (Å²) in [7, 11) is 1.74. The highest BCUT2D eigenvalue weighted by molar-refractivity contribution is 7.98. The van der Waals surface area contributed by atoms with Crippen LogP contribution in [0.5, 0.6) is 11.5 Å². The van der Waals surface area contributed by atoms with Gasteiger partial charge in [0.05, 0.1) is 0 Å². The minimum Gasteiger partial charge on any atom is -0.454 e. The molecule has 0 radical (unpaired) electrons. The van der Waals surface area contributed by atoms with Crippen molar-refractivity contribution in [2.75, 3.05) is 20.1 Å². The van der Waals surface area contributed by atoms with E-state index in [1.165, 1.54) is 0 Å². The van der Waals surface area contributed by atoms with Crippen LogP contribution in [0.4, 0.5) is 0 Å². The van der Waals surface area contributed by atoms with E-state index in [1.807, 2.05) is 48.7 Å². The summed E-state index contributed by atoms with van der Waals surface area (Å²) in [4.78, 5) is 27.3. The summed E-state index contributed by atoms with van der Waals surface area (Å²) >= 11 is 1.63. The van der Waals surface area contributed by atoms with Crippen LogP contribution >= 0.6 is 11.8 Å². The molecule has 1 amide bonds. The number of nitrogens with zero attached hydrogens (tertiary/aromatic N) is 1. The van der Waals surface area contributed by atoms with Gasteiger partial charge in [-0.15, -0.1) is 11.8 Å². The van der Waals surface area contributed by atoms with E-state index in [2.05, 4.69) is 0 Å². The third-order valence-electron chi connectivity index (χ3n) is 4.26. The SMILES string of the molecule is CSc1ccc(C(=O)CCC(=O)N(C)Cc2ccc3c(c2)OCO3)cc1. The average Bonchev–Trinajstić information content (AvgIpc) is 3.13. The summed E-state index contributed by atoms with van der Waals surface area (Å²) in [6.07, 6.45) is 2.40. The second kappa shape index (κ2) is 8.27. The molecule has 5 nitrogen and oxygen atoms in total. The zero-order valence-electron chi connectivity index (χ0n) is 14.9. The number of thioether (sulfide) groups is 1. The van der Waals surface area contributed by atoms with Crippen molar-refractivity contribution in [2.24, 2.45) is 0 Å². The first-order valence-electron chi connectivity index (χ1n) is 8.36. The largest absolute Gasteiger partial charge is 0.454 e. The Morgan fingerprint density at radius 2 is 1.77 bits per heavy atom. The molecule has 1 aliphatic rings. The second-order valence-electron chi connectivity index (χ2n) is 6.09. The van der Waals surface area contributed by atoms with E-state index in [9.17, 15) is 9.59 Å². The predicted octanol–water partition coefficient (Wildman–Crippen LogP) is 3.76. The molecule has 0 spiro atoms. The van der Waals surface area contributed by atoms with Gasteiger partial charge in [0.1, 0.15) is 0 Å². The molecule has 0 fully saturated rings. The molecular formula is C20H21NO4S. The summed E-state index contributed by atoms with van der Waals surface area (Å²) < 4.78 is 10.6. The van der Waals surface area contributed by atoms with Crippen LogP contribution in [0.3, 0.4) is 0 Å². The molecule has 3 rings (SSSR count). The lowest BCUT2D eigenvalue weighted by Gasteiger charge is -2.17. The Balaban J connectivity index is 1.51. The Hall–Kier alpha value is -2.47. The smallest absolute Gasteiger partial charge is 0.231 e. The number of benzene rings is 2. The number of fused-ring (bicyclic) bond motifs is 1. The summed E-state index contributed by atoms with van der Waals surface area (Å²) in [5, 5.41) is 0. The molecule has 0 bridgehead atoms. The van der Waals surface area contributed by atoms with Gasteiger partial charge in [-0.1, -0.05) is 18.2 Å². The van der Waals surface area contributed by atoms with Gasteiger partial charge < -0.3 is 14.4 Å². The maximum atomic E-state index is 12.3. The zero-order valence-corrected chi connectivity index (χ0v) is 15.7. The quantitative estimate of drug-likeness (QED) is 0.548. The Labute approximate surface area is 157 Å². The van der Waals surface area contributed by atoms with Crippen molar-refractivity contribution in [3.8, 4) is 11.5 Å². The van der Waals surface area contributed by atoms with E-state index in [4.69, 9.17) is 9.47 Å². The fraction of sp³-hybridized carbons (Fsp3) is 0.300. The van der Waals surface area contributed by atoms with Crippen molar-refractivity contribution in [2.45, 2.75) is 24.3 Å². The highest BCUT2D eigenvalue weighted by Crippen LogP contribution is 2.32. The molecule has 0 saturated carbocycles. The Morgan fingerprint density at radius 1 is 1.04 bits per heavy atom. The van der Waals surface area contributed by atoms with Crippen LogP contribution in [-0.4, -0.2) is 36.7 Å². The minimum absolute atomic E-state index is 0.0116. The molecule has 26 heavy (non-hydrogen) atoms. The van der Waals surface area contributed by atoms with E-state index >= 15 is 0 Å². The van der Waals surface area contributed by atoms with Crippen molar-refractivity contribution >= 4 is 23.5 Å². The number of amides is 1. The van der Waals surface area contributed by atoms with Gasteiger partial charge in [-0.2, -0.15) is 0 Å². The molecule has 0 aliphatic carbocycles. The lowest BCUT2D eigenvalue weighted by atomic mass is 10.1. The van der Waals surface area contributed by atoms with E-state index in [1.54, 1.807) is 23.7 Å². The van der Waals surface area contributed by atoms with Crippen molar-refractivity contribution in [1.82, 2.24) is 4.90 Å². The number of Topliss-reactive ketones (excluding diaryl/α,β-unsaturated/α-hetero) is 1. The molecule has 0 saturated heterocycles. The maximum absolute atomic E-state index is 12.3. The molecule has 1 heterocycles. The number of ketones is 1. The fourth-order valence-corrected chi connectivity index (χ4v) is 3.14. The van der Waals surface area contributed by atoms with Gasteiger partial charge in [-0.05, 0) is 36.1 Å². The lowest BCUT2D eigenvalue weighted by molar-refractivity contribution is -0.130. The van der Waals surface area contributed by atoms with Crippen molar-refractivity contribution in [1.29, 1.82) is 0 Å². The second-order valence-corrected chi connectivity index (χ2v) is 6.97. The summed E-state index contributed by atoms with van der Waals surface area (Å²) in [6.45, 7) is 0.694. The standard InChI is InChI=1S/C20H21NO4S/c1-21(12-14-3-9-18-19(11-14)25-13-24-18)20(23)10-8-17(22)15-4-6-16(26-2)7-5-15/h3-7,9,11H,8,10,12-13H2,1-2H3. The van der Waals surface area contributed by atoms with Gasteiger partial charge >= 0.3 is 0 Å². The van der Waals surface area contributed by atoms with Crippen molar-refractivity contribution in [3.63, 3.8) is 0 Å². The molecule has 6 heteroatoms. The number of rotatable bonds is 7. The summed E-state index contributed by atoms with van der Waals surface area (Å²) in [6, 6.07) is 13.1. The molecule has 2 aromatic rings. The van der Waals surface area contributed by atoms with Crippen molar-refractivity contribution in [3.05, 3.63) is 53.6 Å². The number of hydrogen-bond acceptors (Lipinski definition) is 5. The first-order valence-corrected chi connectivity index (χ1v) is 9.59. The summed E-state index contributed by atoms with van der Waals surface area (Å²) in [5.74, 6) is 1.35. The Bertz CT molecular complexity index is 804. The van der Waals surface area contributed by atoms with Gasteiger partial charge in [0.15, 0.2) is 17.3 Å². The van der Waals surface area contributed by atoms with Crippen LogP contribution in [0.15, 0.2) is 47.4 Å². The Kier molecular flexibility index (Phi) is 5.83. The number of carbonyl (C=O) groups excluding carboxylic acids is 2. The monoisotopic (exact) mass is 371 g/mol. The average molecular weight is 371 g/mol. The normalized spacial score (nSPS) is 12.1. The van der Waals surface area contributed by atoms with Gasteiger partial charge in [0.2, 0.25) is 12.7 Å². The van der Waals surface area contributed by atoms with Crippen LogP contribution in [0.2, 0.25) is 0 Å². The van der Waals surface area contributed by atoms with Crippen LogP contribution in [0.25, 0.3) is 0 Å². The van der Waals surface area contributed by atoms with Crippen LogP contribution in [-0.2, 0) is 11.3 Å². The third-order valence-corrected chi connectivity index (χ3v) is 5.00. The molecule has 0 N–H and O–H groups in total. The van der Waals surface area contributed by atoms with Crippen LogP contribution in [0.1, 0.15) is 28.8 Å². The van der Waals surface area contributed by atoms with E-state index in [0.717, 1.165) is 16.2 Å². The first kappa shape index (κ1) is 18.3. The first-order chi connectivity index (χ1) is 12.6. The molecule has 136 valence electrons.